The number of hydrogen-bond acceptors (Lipinski definition) is 4. The molecule has 0 amide bonds. The quantitative estimate of drug-likeness (QED) is 0.450. The van der Waals surface area contributed by atoms with Crippen LogP contribution in [0.4, 0.5) is 0 Å². The largest absolute Gasteiger partial charge is 0.378 e. The Morgan fingerprint density at radius 1 is 1.43 bits per heavy atom. The third kappa shape index (κ3) is 1.46. The van der Waals surface area contributed by atoms with E-state index in [9.17, 15) is 10.2 Å². The molecule has 0 aromatic carbocycles. The molecule has 0 aromatic heterocycles. The van der Waals surface area contributed by atoms with Gasteiger partial charge in [-0.05, 0) is 18.8 Å². The zero-order valence-corrected chi connectivity index (χ0v) is 9.20. The van der Waals surface area contributed by atoms with Crippen LogP contribution in [-0.2, 0) is 0 Å². The summed E-state index contributed by atoms with van der Waals surface area (Å²) in [6.07, 6.45) is 0.515. The Labute approximate surface area is 85.3 Å². The lowest BCUT2D eigenvalue weighted by molar-refractivity contribution is -0.193. The highest BCUT2D eigenvalue weighted by Crippen LogP contribution is 2.47. The van der Waals surface area contributed by atoms with Crippen LogP contribution >= 0.6 is 0 Å². The van der Waals surface area contributed by atoms with Gasteiger partial charge in [0.2, 0.25) is 0 Å². The maximum atomic E-state index is 10.2. The number of nitrogens with two attached hydrogens (primary N) is 2. The molecule has 0 spiro atoms. The minimum atomic E-state index is -1.39. The van der Waals surface area contributed by atoms with E-state index in [0.29, 0.717) is 12.3 Å². The van der Waals surface area contributed by atoms with E-state index in [-0.39, 0.29) is 5.92 Å². The first-order valence-corrected chi connectivity index (χ1v) is 5.18. The second-order valence-corrected chi connectivity index (χ2v) is 4.99. The van der Waals surface area contributed by atoms with E-state index in [4.69, 9.17) is 11.5 Å². The predicted molar refractivity (Wildman–Crippen MR) is 55.0 cm³/mol. The summed E-state index contributed by atoms with van der Waals surface area (Å²) in [6.45, 7) is 5.72. The van der Waals surface area contributed by atoms with Gasteiger partial charge in [-0.1, -0.05) is 20.8 Å². The molecule has 14 heavy (non-hydrogen) atoms. The molecule has 1 unspecified atom stereocenters. The molecule has 1 saturated carbocycles. The molecule has 4 heteroatoms. The van der Waals surface area contributed by atoms with Crippen LogP contribution in [0, 0.1) is 17.3 Å². The molecule has 1 rings (SSSR count). The van der Waals surface area contributed by atoms with Crippen LogP contribution in [0.1, 0.15) is 33.6 Å². The zero-order chi connectivity index (χ0) is 11.1. The van der Waals surface area contributed by atoms with Crippen molar-refractivity contribution in [3.05, 3.63) is 0 Å². The van der Waals surface area contributed by atoms with E-state index in [0.717, 1.165) is 6.42 Å². The van der Waals surface area contributed by atoms with E-state index in [1.165, 1.54) is 0 Å². The third-order valence-corrected chi connectivity index (χ3v) is 4.23. The Morgan fingerprint density at radius 3 is 2.36 bits per heavy atom. The lowest BCUT2D eigenvalue weighted by atomic mass is 9.60. The molecule has 1 aliphatic carbocycles. The van der Waals surface area contributed by atoms with E-state index >= 15 is 0 Å². The monoisotopic (exact) mass is 202 g/mol. The molecule has 0 saturated heterocycles. The van der Waals surface area contributed by atoms with Gasteiger partial charge in [-0.15, -0.1) is 0 Å². The predicted octanol–water partition coefficient (Wildman–Crippen LogP) is -0.0169. The van der Waals surface area contributed by atoms with E-state index in [1.54, 1.807) is 6.92 Å². The summed E-state index contributed by atoms with van der Waals surface area (Å²) >= 11 is 0. The molecule has 0 bridgehead atoms. The van der Waals surface area contributed by atoms with Crippen molar-refractivity contribution in [2.75, 3.05) is 0 Å². The molecule has 1 fully saturated rings. The minimum absolute atomic E-state index is 0.0561. The Kier molecular flexibility index (Phi) is 2.94. The normalized spacial score (nSPS) is 51.6. The van der Waals surface area contributed by atoms with Crippen molar-refractivity contribution >= 4 is 0 Å². The first-order chi connectivity index (χ1) is 6.23. The fourth-order valence-electron chi connectivity index (χ4n) is 2.32. The molecule has 4 nitrogen and oxygen atoms in total. The van der Waals surface area contributed by atoms with Crippen LogP contribution in [0.3, 0.4) is 0 Å². The first kappa shape index (κ1) is 11.9. The van der Waals surface area contributed by atoms with Crippen LogP contribution in [0.15, 0.2) is 0 Å². The fourth-order valence-corrected chi connectivity index (χ4v) is 2.32. The maximum absolute atomic E-state index is 10.2. The standard InChI is InChI=1S/C10H22N2O2/c1-6-4-5-9(3,8(11)13)10(12,14)7(6)2/h6-8,13-14H,4-5,11-12H2,1-3H3/t6-,7-,8?,9-,10+/m1/s1. The Bertz CT molecular complexity index is 218. The van der Waals surface area contributed by atoms with E-state index < -0.39 is 17.4 Å². The Hall–Kier alpha value is -0.160. The molecule has 5 atom stereocenters. The van der Waals surface area contributed by atoms with Crippen LogP contribution in [0.5, 0.6) is 0 Å². The summed E-state index contributed by atoms with van der Waals surface area (Å²) < 4.78 is 0. The van der Waals surface area contributed by atoms with Crippen molar-refractivity contribution in [2.24, 2.45) is 28.7 Å². The second kappa shape index (κ2) is 3.45. The van der Waals surface area contributed by atoms with Gasteiger partial charge in [-0.25, -0.2) is 0 Å². The van der Waals surface area contributed by atoms with Gasteiger partial charge in [0.25, 0.3) is 0 Å². The van der Waals surface area contributed by atoms with Gasteiger partial charge in [-0.3, -0.25) is 0 Å². The lowest BCUT2D eigenvalue weighted by Gasteiger charge is -2.53. The molecule has 6 N–H and O–H groups in total. The van der Waals surface area contributed by atoms with Crippen molar-refractivity contribution in [3.8, 4) is 0 Å². The SMILES string of the molecule is C[C@@H]1CC[C@](C)(C(N)O)[C@@](N)(O)[C@@H]1C. The minimum Gasteiger partial charge on any atom is -0.378 e. The Balaban J connectivity index is 3.00. The topological polar surface area (TPSA) is 92.5 Å². The highest BCUT2D eigenvalue weighted by atomic mass is 16.3. The summed E-state index contributed by atoms with van der Waals surface area (Å²) in [5.41, 5.74) is 9.21. The fraction of sp³-hybridized carbons (Fsp3) is 1.00. The smallest absolute Gasteiger partial charge is 0.125 e. The highest BCUT2D eigenvalue weighted by molar-refractivity contribution is 5.02. The summed E-state index contributed by atoms with van der Waals surface area (Å²) in [7, 11) is 0. The van der Waals surface area contributed by atoms with Gasteiger partial charge in [0.05, 0.1) is 0 Å². The molecule has 0 heterocycles. The van der Waals surface area contributed by atoms with Crippen molar-refractivity contribution in [1.82, 2.24) is 0 Å². The second-order valence-electron chi connectivity index (χ2n) is 4.99. The Morgan fingerprint density at radius 2 is 1.93 bits per heavy atom. The van der Waals surface area contributed by atoms with Gasteiger partial charge in [0.15, 0.2) is 0 Å². The van der Waals surface area contributed by atoms with Crippen molar-refractivity contribution in [1.29, 1.82) is 0 Å². The average Bonchev–Trinajstić information content (AvgIpc) is 2.09. The van der Waals surface area contributed by atoms with Crippen molar-refractivity contribution in [3.63, 3.8) is 0 Å². The molecule has 0 aliphatic heterocycles. The van der Waals surface area contributed by atoms with Crippen LogP contribution in [0.2, 0.25) is 0 Å². The molecular formula is C10H22N2O2. The third-order valence-electron chi connectivity index (χ3n) is 4.23. The number of hydrogen-bond donors (Lipinski definition) is 4. The average molecular weight is 202 g/mol. The summed E-state index contributed by atoms with van der Waals surface area (Å²) in [4.78, 5) is 0. The summed E-state index contributed by atoms with van der Waals surface area (Å²) in [5.74, 6) is 0.302. The molecule has 84 valence electrons. The summed E-state index contributed by atoms with van der Waals surface area (Å²) in [5, 5.41) is 19.8. The molecule has 0 radical (unpaired) electrons. The van der Waals surface area contributed by atoms with Crippen LogP contribution < -0.4 is 11.5 Å². The first-order valence-electron chi connectivity index (χ1n) is 5.18. The van der Waals surface area contributed by atoms with Crippen LogP contribution in [0.25, 0.3) is 0 Å². The van der Waals surface area contributed by atoms with Crippen LogP contribution in [-0.4, -0.2) is 22.2 Å². The molecular weight excluding hydrogens is 180 g/mol. The van der Waals surface area contributed by atoms with Crippen molar-refractivity contribution in [2.45, 2.75) is 45.6 Å². The number of aliphatic hydroxyl groups is 2. The van der Waals surface area contributed by atoms with Gasteiger partial charge in [0, 0.05) is 11.3 Å². The van der Waals surface area contributed by atoms with Gasteiger partial charge >= 0.3 is 0 Å². The van der Waals surface area contributed by atoms with Gasteiger partial charge in [0.1, 0.15) is 12.0 Å². The van der Waals surface area contributed by atoms with E-state index in [1.807, 2.05) is 6.92 Å². The van der Waals surface area contributed by atoms with Gasteiger partial charge < -0.3 is 21.7 Å². The van der Waals surface area contributed by atoms with Gasteiger partial charge in [-0.2, -0.15) is 0 Å². The lowest BCUT2D eigenvalue weighted by Crippen LogP contribution is -2.68. The molecule has 0 aromatic rings. The van der Waals surface area contributed by atoms with E-state index in [2.05, 4.69) is 6.92 Å². The zero-order valence-electron chi connectivity index (χ0n) is 9.20. The number of rotatable bonds is 1. The maximum Gasteiger partial charge on any atom is 0.125 e. The number of aliphatic hydroxyl groups excluding tert-OH is 1. The van der Waals surface area contributed by atoms with Crippen molar-refractivity contribution < 1.29 is 10.2 Å². The molecule has 1 aliphatic rings. The highest BCUT2D eigenvalue weighted by Gasteiger charge is 2.55. The summed E-state index contributed by atoms with van der Waals surface area (Å²) in [6, 6.07) is 0.